The first-order valence-corrected chi connectivity index (χ1v) is 20.7. The van der Waals surface area contributed by atoms with E-state index in [2.05, 4.69) is 68.6 Å². The number of allylic oxidation sites excluding steroid dienone is 1. The largest absolute Gasteiger partial charge is 0.371 e. The van der Waals surface area contributed by atoms with Gasteiger partial charge in [-0.05, 0) is 97.9 Å². The molecular weight excluding hydrogens is 737 g/mol. The average Bonchev–Trinajstić information content (AvgIpc) is 3.58. The minimum Gasteiger partial charge on any atom is -0.371 e. The first-order valence-electron chi connectivity index (χ1n) is 20.7. The summed E-state index contributed by atoms with van der Waals surface area (Å²) in [5.74, 6) is -1.62. The van der Waals surface area contributed by atoms with Gasteiger partial charge < -0.3 is 15.1 Å². The highest BCUT2D eigenvalue weighted by molar-refractivity contribution is 6.26. The fourth-order valence-electron chi connectivity index (χ4n) is 9.49. The molecule has 2 unspecified atom stereocenters. The van der Waals surface area contributed by atoms with Gasteiger partial charge in [0.15, 0.2) is 0 Å². The lowest BCUT2D eigenvalue weighted by Crippen LogP contribution is -2.54. The number of nitrogens with zero attached hydrogens (tertiary/aromatic N) is 4. The van der Waals surface area contributed by atoms with Crippen molar-refractivity contribution in [3.05, 3.63) is 70.9 Å². The normalized spacial score (nSPS) is 23.5. The van der Waals surface area contributed by atoms with Gasteiger partial charge >= 0.3 is 0 Å². The summed E-state index contributed by atoms with van der Waals surface area (Å²) in [6.45, 7) is 21.0. The maximum Gasteiger partial charge on any atom is 0.264 e. The van der Waals surface area contributed by atoms with Crippen LogP contribution in [0.1, 0.15) is 134 Å². The summed E-state index contributed by atoms with van der Waals surface area (Å²) in [5.41, 5.74) is 4.44. The Kier molecular flexibility index (Phi) is 10.9. The molecule has 7 amide bonds. The number of fused-ring (bicyclic) bond motifs is 2. The van der Waals surface area contributed by atoms with Crippen LogP contribution in [0.4, 0.5) is 11.4 Å². The molecule has 0 bridgehead atoms. The summed E-state index contributed by atoms with van der Waals surface area (Å²) in [4.78, 5) is 94.8. The van der Waals surface area contributed by atoms with Crippen molar-refractivity contribution in [2.45, 2.75) is 105 Å². The zero-order valence-electron chi connectivity index (χ0n) is 34.6. The summed E-state index contributed by atoms with van der Waals surface area (Å²) >= 11 is 0. The number of nitrogens with one attached hydrogen (secondary N) is 2. The number of imide groups is 3. The molecule has 2 N–H and O–H groups in total. The van der Waals surface area contributed by atoms with Gasteiger partial charge in [-0.3, -0.25) is 48.7 Å². The quantitative estimate of drug-likeness (QED) is 0.372. The van der Waals surface area contributed by atoms with Gasteiger partial charge in [-0.25, -0.2) is 0 Å². The summed E-state index contributed by atoms with van der Waals surface area (Å²) in [6, 6.07) is 9.12. The Morgan fingerprint density at radius 2 is 1.09 bits per heavy atom. The van der Waals surface area contributed by atoms with Crippen LogP contribution < -0.4 is 20.4 Å². The number of piperidine rings is 4. The van der Waals surface area contributed by atoms with Crippen molar-refractivity contribution >= 4 is 52.7 Å². The molecule has 308 valence electrons. The van der Waals surface area contributed by atoms with Crippen molar-refractivity contribution < 1.29 is 33.6 Å². The molecule has 2 aromatic rings. The van der Waals surface area contributed by atoms with Gasteiger partial charge in [-0.1, -0.05) is 54.2 Å². The first-order chi connectivity index (χ1) is 27.3. The van der Waals surface area contributed by atoms with E-state index in [4.69, 9.17) is 0 Å². The summed E-state index contributed by atoms with van der Waals surface area (Å²) < 4.78 is 0. The molecule has 0 spiro atoms. The second-order valence-electron chi connectivity index (χ2n) is 18.8. The van der Waals surface area contributed by atoms with Gasteiger partial charge in [0.2, 0.25) is 17.7 Å². The number of carbonyl (C=O) groups excluding carboxylic acids is 7. The van der Waals surface area contributed by atoms with Crippen LogP contribution >= 0.6 is 0 Å². The lowest BCUT2D eigenvalue weighted by molar-refractivity contribution is -0.136. The number of hydrogen-bond acceptors (Lipinski definition) is 9. The van der Waals surface area contributed by atoms with E-state index in [-0.39, 0.29) is 41.9 Å². The van der Waals surface area contributed by atoms with Gasteiger partial charge in [0.05, 0.1) is 27.9 Å². The van der Waals surface area contributed by atoms with Crippen molar-refractivity contribution in [3.63, 3.8) is 0 Å². The second-order valence-corrected chi connectivity index (χ2v) is 18.8. The van der Waals surface area contributed by atoms with E-state index in [0.29, 0.717) is 58.0 Å². The van der Waals surface area contributed by atoms with Crippen LogP contribution in [0.3, 0.4) is 0 Å². The lowest BCUT2D eigenvalue weighted by atomic mass is 9.75. The van der Waals surface area contributed by atoms with Gasteiger partial charge in [0, 0.05) is 44.0 Å². The maximum atomic E-state index is 13.2. The molecule has 13 nitrogen and oxygen atoms in total. The Morgan fingerprint density at radius 1 is 0.569 bits per heavy atom. The van der Waals surface area contributed by atoms with Crippen molar-refractivity contribution in [2.24, 2.45) is 22.7 Å². The molecule has 4 saturated heterocycles. The second kappa shape index (κ2) is 15.4. The van der Waals surface area contributed by atoms with Gasteiger partial charge in [-0.15, -0.1) is 0 Å². The number of carbonyl (C=O) groups is 7. The van der Waals surface area contributed by atoms with E-state index >= 15 is 0 Å². The van der Waals surface area contributed by atoms with Crippen molar-refractivity contribution in [1.82, 2.24) is 20.4 Å². The monoisotopic (exact) mass is 792 g/mol. The van der Waals surface area contributed by atoms with Crippen LogP contribution in [0.5, 0.6) is 0 Å². The third-order valence-corrected chi connectivity index (χ3v) is 13.1. The highest BCUT2D eigenvalue weighted by Gasteiger charge is 2.47. The van der Waals surface area contributed by atoms with E-state index < -0.39 is 29.8 Å². The predicted octanol–water partition coefficient (Wildman–Crippen LogP) is 5.69. The van der Waals surface area contributed by atoms with Gasteiger partial charge in [-0.2, -0.15) is 0 Å². The average molecular weight is 793 g/mol. The molecular formula is C45H56N6O7. The highest BCUT2D eigenvalue weighted by Crippen LogP contribution is 2.40. The predicted molar refractivity (Wildman–Crippen MR) is 219 cm³/mol. The summed E-state index contributed by atoms with van der Waals surface area (Å²) in [7, 11) is 0. The SMILES string of the molecule is C=C1CCC(N2C(=O)c3ccc(N4CCC(C(C)(C)C)CC4)cc3C2=O)C(=O)N1.CC(C)(C)C1CCN(c2cccc3c2C(=O)N(C2CCC(=O)NC2=O)C3=O)CC1. The number of rotatable bonds is 4. The Labute approximate surface area is 340 Å². The molecule has 0 aliphatic carbocycles. The number of hydrogen-bond donors (Lipinski definition) is 2. The Morgan fingerprint density at radius 3 is 1.66 bits per heavy atom. The summed E-state index contributed by atoms with van der Waals surface area (Å²) in [5, 5.41) is 4.90. The first kappa shape index (κ1) is 40.9. The number of amides is 7. The van der Waals surface area contributed by atoms with Crippen LogP contribution in [-0.2, 0) is 14.4 Å². The maximum absolute atomic E-state index is 13.2. The third-order valence-electron chi connectivity index (χ3n) is 13.1. The van der Waals surface area contributed by atoms with Crippen LogP contribution in [-0.4, -0.2) is 89.4 Å². The van der Waals surface area contributed by atoms with Crippen LogP contribution in [0.15, 0.2) is 48.7 Å². The third kappa shape index (κ3) is 7.67. The molecule has 0 aromatic heterocycles. The summed E-state index contributed by atoms with van der Waals surface area (Å²) in [6.07, 6.45) is 5.58. The molecule has 8 rings (SSSR count). The molecule has 0 saturated carbocycles. The van der Waals surface area contributed by atoms with Crippen molar-refractivity contribution in [3.8, 4) is 0 Å². The molecule has 2 atom stereocenters. The topological polar surface area (TPSA) is 157 Å². The molecule has 6 aliphatic rings. The van der Waals surface area contributed by atoms with Crippen LogP contribution in [0.25, 0.3) is 0 Å². The molecule has 6 heterocycles. The number of anilines is 2. The molecule has 4 fully saturated rings. The fourth-order valence-corrected chi connectivity index (χ4v) is 9.49. The van der Waals surface area contributed by atoms with E-state index in [9.17, 15) is 33.6 Å². The highest BCUT2D eigenvalue weighted by atomic mass is 16.2. The minimum atomic E-state index is -0.931. The Bertz CT molecular complexity index is 2070. The zero-order chi connectivity index (χ0) is 41.8. The minimum absolute atomic E-state index is 0.122. The molecule has 2 aromatic carbocycles. The standard InChI is InChI=1S/C23H29N3O3.C22H27N3O4/c1-14-5-8-19(20(27)24-14)26-21(28)17-7-6-16(13-18(17)22(26)29)25-11-9-15(10-12-25)23(2,3)4;1-22(2,3)13-9-11-24(12-10-13)15-6-4-5-14-18(15)21(29)25(20(14)28)16-7-8-17(26)23-19(16)27/h6-7,13,15,19H,1,5,8-12H2,2-4H3,(H,24,27);4-6,13,16H,7-12H2,1-3H3,(H,23,26,27). The Balaban J connectivity index is 0.000000177. The van der Waals surface area contributed by atoms with E-state index in [1.807, 2.05) is 18.2 Å². The van der Waals surface area contributed by atoms with E-state index in [1.165, 1.54) is 0 Å². The van der Waals surface area contributed by atoms with E-state index in [0.717, 1.165) is 73.0 Å². The lowest BCUT2D eigenvalue weighted by Gasteiger charge is -2.40. The smallest absolute Gasteiger partial charge is 0.264 e. The molecule has 6 aliphatic heterocycles. The van der Waals surface area contributed by atoms with Gasteiger partial charge in [0.1, 0.15) is 12.1 Å². The van der Waals surface area contributed by atoms with E-state index in [1.54, 1.807) is 18.2 Å². The van der Waals surface area contributed by atoms with Gasteiger partial charge in [0.25, 0.3) is 23.6 Å². The number of benzene rings is 2. The van der Waals surface area contributed by atoms with Crippen molar-refractivity contribution in [2.75, 3.05) is 36.0 Å². The molecule has 0 radical (unpaired) electrons. The molecule has 13 heteroatoms. The van der Waals surface area contributed by atoms with Crippen LogP contribution in [0.2, 0.25) is 0 Å². The van der Waals surface area contributed by atoms with Crippen molar-refractivity contribution in [1.29, 1.82) is 0 Å². The fraction of sp³-hybridized carbons (Fsp3) is 0.533. The van der Waals surface area contributed by atoms with Crippen LogP contribution in [0, 0.1) is 22.7 Å². The Hall–Kier alpha value is -5.33. The molecule has 58 heavy (non-hydrogen) atoms. The zero-order valence-corrected chi connectivity index (χ0v) is 34.6.